The number of carbonyl (C=O) groups excluding carboxylic acids is 2. The van der Waals surface area contributed by atoms with E-state index in [0.29, 0.717) is 16.9 Å². The number of hydrogen-bond acceptors (Lipinski definition) is 2. The number of carbonyl (C=O) groups is 2. The molecule has 3 aromatic rings. The third kappa shape index (κ3) is 4.23. The van der Waals surface area contributed by atoms with Crippen LogP contribution in [0.15, 0.2) is 72.8 Å². The molecule has 4 nitrogen and oxygen atoms in total. The summed E-state index contributed by atoms with van der Waals surface area (Å²) < 4.78 is 0. The van der Waals surface area contributed by atoms with Crippen molar-refractivity contribution in [3.8, 4) is 0 Å². The van der Waals surface area contributed by atoms with Gasteiger partial charge < -0.3 is 10.6 Å². The topological polar surface area (TPSA) is 58.2 Å². The molecule has 0 spiro atoms. The maximum absolute atomic E-state index is 12.4. The molecule has 6 heteroatoms. The highest BCUT2D eigenvalue weighted by atomic mass is 35.5. The lowest BCUT2D eigenvalue weighted by Gasteiger charge is -2.09. The number of benzene rings is 3. The Morgan fingerprint density at radius 2 is 1.15 bits per heavy atom. The molecular formula is C20H14Cl2N2O2. The fraction of sp³-hybridized carbons (Fsp3) is 0. The Morgan fingerprint density at radius 1 is 0.615 bits per heavy atom. The average Bonchev–Trinajstić information content (AvgIpc) is 2.63. The third-order valence-electron chi connectivity index (χ3n) is 3.63. The summed E-state index contributed by atoms with van der Waals surface area (Å²) in [6.07, 6.45) is 0. The molecule has 0 saturated carbocycles. The lowest BCUT2D eigenvalue weighted by molar-refractivity contribution is 0.102. The van der Waals surface area contributed by atoms with Crippen LogP contribution in [0, 0.1) is 0 Å². The minimum atomic E-state index is -0.415. The van der Waals surface area contributed by atoms with Crippen molar-refractivity contribution in [2.45, 2.75) is 0 Å². The van der Waals surface area contributed by atoms with E-state index < -0.39 is 5.91 Å². The van der Waals surface area contributed by atoms with E-state index in [9.17, 15) is 9.59 Å². The summed E-state index contributed by atoms with van der Waals surface area (Å²) in [6, 6.07) is 20.6. The van der Waals surface area contributed by atoms with Gasteiger partial charge in [0.2, 0.25) is 0 Å². The smallest absolute Gasteiger partial charge is 0.258 e. The first-order chi connectivity index (χ1) is 12.5. The van der Waals surface area contributed by atoms with Gasteiger partial charge >= 0.3 is 0 Å². The van der Waals surface area contributed by atoms with Crippen molar-refractivity contribution >= 4 is 46.4 Å². The van der Waals surface area contributed by atoms with Crippen LogP contribution in [0.4, 0.5) is 11.4 Å². The second kappa shape index (κ2) is 8.04. The van der Waals surface area contributed by atoms with Crippen molar-refractivity contribution < 1.29 is 9.59 Å². The summed E-state index contributed by atoms with van der Waals surface area (Å²) in [4.78, 5) is 24.6. The van der Waals surface area contributed by atoms with Crippen LogP contribution in [0.3, 0.4) is 0 Å². The molecule has 3 aromatic carbocycles. The second-order valence-electron chi connectivity index (χ2n) is 5.45. The van der Waals surface area contributed by atoms with Crippen molar-refractivity contribution in [1.82, 2.24) is 0 Å². The molecule has 0 aliphatic heterocycles. The Kier molecular flexibility index (Phi) is 5.56. The van der Waals surface area contributed by atoms with Gasteiger partial charge in [-0.15, -0.1) is 0 Å². The Bertz CT molecular complexity index is 922. The van der Waals surface area contributed by atoms with Gasteiger partial charge in [0.25, 0.3) is 11.8 Å². The zero-order valence-corrected chi connectivity index (χ0v) is 15.0. The van der Waals surface area contributed by atoms with Gasteiger partial charge in [-0.1, -0.05) is 47.5 Å². The maximum Gasteiger partial charge on any atom is 0.258 e. The van der Waals surface area contributed by atoms with Gasteiger partial charge in [0.1, 0.15) is 0 Å². The predicted octanol–water partition coefficient (Wildman–Crippen LogP) is 5.50. The van der Waals surface area contributed by atoms with E-state index >= 15 is 0 Å². The molecule has 26 heavy (non-hydrogen) atoms. The van der Waals surface area contributed by atoms with Crippen LogP contribution in [0.1, 0.15) is 20.7 Å². The second-order valence-corrected chi connectivity index (χ2v) is 6.26. The van der Waals surface area contributed by atoms with Crippen LogP contribution < -0.4 is 10.6 Å². The molecule has 0 aliphatic carbocycles. The molecule has 0 bridgehead atoms. The summed E-state index contributed by atoms with van der Waals surface area (Å²) >= 11 is 12.1. The van der Waals surface area contributed by atoms with Crippen molar-refractivity contribution in [3.05, 3.63) is 94.0 Å². The predicted molar refractivity (Wildman–Crippen MR) is 105 cm³/mol. The van der Waals surface area contributed by atoms with Crippen LogP contribution in [-0.4, -0.2) is 11.8 Å². The lowest BCUT2D eigenvalue weighted by Crippen LogP contribution is -2.14. The summed E-state index contributed by atoms with van der Waals surface area (Å²) in [7, 11) is 0. The monoisotopic (exact) mass is 384 g/mol. The number of amides is 2. The third-order valence-corrected chi connectivity index (χ3v) is 4.26. The van der Waals surface area contributed by atoms with Gasteiger partial charge in [0.05, 0.1) is 15.6 Å². The van der Waals surface area contributed by atoms with Crippen LogP contribution in [0.2, 0.25) is 10.0 Å². The van der Waals surface area contributed by atoms with Gasteiger partial charge in [-0.2, -0.15) is 0 Å². The van der Waals surface area contributed by atoms with Gasteiger partial charge in [0, 0.05) is 16.9 Å². The number of anilines is 2. The molecule has 0 aliphatic rings. The highest BCUT2D eigenvalue weighted by Crippen LogP contribution is 2.25. The zero-order valence-electron chi connectivity index (χ0n) is 13.5. The Morgan fingerprint density at radius 3 is 1.77 bits per heavy atom. The Balaban J connectivity index is 1.70. The summed E-state index contributed by atoms with van der Waals surface area (Å²) in [5, 5.41) is 6.06. The SMILES string of the molecule is O=C(Nc1ccccc1)c1ccc(NC(=O)c2c(Cl)cccc2Cl)cc1. The molecular weight excluding hydrogens is 371 g/mol. The number of hydrogen-bond donors (Lipinski definition) is 2. The van der Waals surface area contributed by atoms with E-state index in [2.05, 4.69) is 10.6 Å². The first-order valence-electron chi connectivity index (χ1n) is 7.76. The molecule has 0 unspecified atom stereocenters. The van der Waals surface area contributed by atoms with E-state index in [0.717, 1.165) is 0 Å². The molecule has 0 fully saturated rings. The van der Waals surface area contributed by atoms with E-state index in [1.807, 2.05) is 18.2 Å². The maximum atomic E-state index is 12.4. The summed E-state index contributed by atoms with van der Waals surface area (Å²) in [5.74, 6) is -0.648. The van der Waals surface area contributed by atoms with Gasteiger partial charge in [-0.25, -0.2) is 0 Å². The molecule has 0 radical (unpaired) electrons. The normalized spacial score (nSPS) is 10.2. The highest BCUT2D eigenvalue weighted by Gasteiger charge is 2.15. The van der Waals surface area contributed by atoms with E-state index in [1.54, 1.807) is 54.6 Å². The van der Waals surface area contributed by atoms with E-state index in [4.69, 9.17) is 23.2 Å². The molecule has 2 N–H and O–H groups in total. The minimum Gasteiger partial charge on any atom is -0.322 e. The Hall–Kier alpha value is -2.82. The summed E-state index contributed by atoms with van der Waals surface area (Å²) in [5.41, 5.74) is 1.93. The lowest BCUT2D eigenvalue weighted by atomic mass is 10.1. The number of nitrogens with one attached hydrogen (secondary N) is 2. The molecule has 130 valence electrons. The Labute approximate surface area is 160 Å². The number of para-hydroxylation sites is 1. The molecule has 0 heterocycles. The largest absolute Gasteiger partial charge is 0.322 e. The molecule has 3 rings (SSSR count). The quantitative estimate of drug-likeness (QED) is 0.623. The van der Waals surface area contributed by atoms with Crippen molar-refractivity contribution in [3.63, 3.8) is 0 Å². The minimum absolute atomic E-state index is 0.210. The van der Waals surface area contributed by atoms with Crippen LogP contribution >= 0.6 is 23.2 Å². The average molecular weight is 385 g/mol. The zero-order chi connectivity index (χ0) is 18.5. The van der Waals surface area contributed by atoms with E-state index in [-0.39, 0.29) is 21.5 Å². The fourth-order valence-corrected chi connectivity index (χ4v) is 2.91. The first-order valence-corrected chi connectivity index (χ1v) is 8.52. The standard InChI is InChI=1S/C20H14Cl2N2O2/c21-16-7-4-8-17(22)18(16)20(26)24-15-11-9-13(10-12-15)19(25)23-14-5-2-1-3-6-14/h1-12H,(H,23,25)(H,24,26). The van der Waals surface area contributed by atoms with Gasteiger partial charge in [-0.05, 0) is 48.5 Å². The molecule has 0 saturated heterocycles. The molecule has 2 amide bonds. The highest BCUT2D eigenvalue weighted by molar-refractivity contribution is 6.40. The van der Waals surface area contributed by atoms with Crippen molar-refractivity contribution in [1.29, 1.82) is 0 Å². The van der Waals surface area contributed by atoms with Crippen LogP contribution in [-0.2, 0) is 0 Å². The van der Waals surface area contributed by atoms with Crippen LogP contribution in [0.25, 0.3) is 0 Å². The number of rotatable bonds is 4. The van der Waals surface area contributed by atoms with Gasteiger partial charge in [-0.3, -0.25) is 9.59 Å². The van der Waals surface area contributed by atoms with E-state index in [1.165, 1.54) is 0 Å². The summed E-state index contributed by atoms with van der Waals surface area (Å²) in [6.45, 7) is 0. The van der Waals surface area contributed by atoms with Crippen molar-refractivity contribution in [2.75, 3.05) is 10.6 Å². The van der Waals surface area contributed by atoms with Crippen molar-refractivity contribution in [2.24, 2.45) is 0 Å². The number of halogens is 2. The first kappa shape index (κ1) is 18.0. The van der Waals surface area contributed by atoms with Gasteiger partial charge in [0.15, 0.2) is 0 Å². The fourth-order valence-electron chi connectivity index (χ4n) is 2.34. The molecule has 0 aromatic heterocycles. The van der Waals surface area contributed by atoms with Crippen LogP contribution in [0.5, 0.6) is 0 Å². The molecule has 0 atom stereocenters.